The van der Waals surface area contributed by atoms with E-state index in [-0.39, 0.29) is 12.1 Å². The van der Waals surface area contributed by atoms with Crippen molar-refractivity contribution in [1.29, 1.82) is 0 Å². The van der Waals surface area contributed by atoms with E-state index in [1.54, 1.807) is 36.9 Å². The Morgan fingerprint density at radius 2 is 0.947 bits per heavy atom. The molecule has 0 fully saturated rings. The van der Waals surface area contributed by atoms with Gasteiger partial charge in [0.15, 0.2) is 0 Å². The summed E-state index contributed by atoms with van der Waals surface area (Å²) in [6, 6.07) is 48.6. The van der Waals surface area contributed by atoms with Gasteiger partial charge in [0.2, 0.25) is 0 Å². The zero-order valence-electron chi connectivity index (χ0n) is 43.6. The van der Waals surface area contributed by atoms with Crippen LogP contribution >= 0.6 is 0 Å². The van der Waals surface area contributed by atoms with E-state index in [0.29, 0.717) is 24.0 Å². The molecule has 6 aromatic carbocycles. The number of carbonyl (C=O) groups is 2. The molecule has 10 heteroatoms. The molecule has 0 saturated heterocycles. The Balaban J connectivity index is 0.000000162. The SMILES string of the molecule is Cc1cc(N2CCc3ccccc3C2)ccc1-c1ccc2c(c1)CCN[C@@H]2CCc1cnccc1C(=O)O.Cc1cc(N2CCc3ccccc3C2)ccc1-c1ccc2c(c1)CCN[C@H]2CCc1cnccc1C(=O)O. The monoisotopic (exact) mass is 1010 g/mol. The first-order chi connectivity index (χ1) is 37.1. The topological polar surface area (TPSA) is 131 Å². The number of carboxylic acids is 2. The minimum atomic E-state index is -0.893. The van der Waals surface area contributed by atoms with E-state index in [4.69, 9.17) is 0 Å². The zero-order valence-corrected chi connectivity index (χ0v) is 43.6. The standard InChI is InChI=1S/2C33H33N3O2/c2*1-22-18-28(36-17-14-23-4-2-3-5-27(23)21-36)8-10-29(22)24-6-9-30-25(19-24)12-16-35-32(30)11-7-26-20-34-15-13-31(26)33(37)38/h2*2-6,8-10,13,15,18-20,32,35H,7,11-12,14,16-17,21H2,1H3,(H,37,38)/t2*32-/m10/s1. The van der Waals surface area contributed by atoms with Crippen molar-refractivity contribution in [3.8, 4) is 22.3 Å². The van der Waals surface area contributed by atoms with Gasteiger partial charge in [0.1, 0.15) is 0 Å². The molecule has 0 unspecified atom stereocenters. The fraction of sp³-hybridized carbons (Fsp3) is 0.273. The van der Waals surface area contributed by atoms with Gasteiger partial charge in [-0.15, -0.1) is 0 Å². The molecule has 10 nitrogen and oxygen atoms in total. The highest BCUT2D eigenvalue weighted by Crippen LogP contribution is 2.37. The summed E-state index contributed by atoms with van der Waals surface area (Å²) in [6.07, 6.45) is 13.7. The largest absolute Gasteiger partial charge is 0.478 e. The molecule has 12 rings (SSSR count). The van der Waals surface area contributed by atoms with E-state index in [1.165, 1.54) is 89.3 Å². The van der Waals surface area contributed by atoms with Gasteiger partial charge in [-0.3, -0.25) is 9.97 Å². The molecular weight excluding hydrogens is 941 g/mol. The second kappa shape index (κ2) is 22.5. The maximum Gasteiger partial charge on any atom is 0.336 e. The second-order valence-electron chi connectivity index (χ2n) is 21.0. The van der Waals surface area contributed by atoms with Gasteiger partial charge in [-0.25, -0.2) is 9.59 Å². The number of nitrogens with zero attached hydrogens (tertiary/aromatic N) is 4. The lowest BCUT2D eigenvalue weighted by atomic mass is 9.87. The summed E-state index contributed by atoms with van der Waals surface area (Å²) in [5, 5.41) is 26.3. The molecule has 76 heavy (non-hydrogen) atoms. The quantitative estimate of drug-likeness (QED) is 0.0938. The second-order valence-corrected chi connectivity index (χ2v) is 21.0. The number of fused-ring (bicyclic) bond motifs is 4. The van der Waals surface area contributed by atoms with Crippen LogP contribution in [-0.2, 0) is 51.6 Å². The van der Waals surface area contributed by atoms with Crippen LogP contribution in [0.25, 0.3) is 22.3 Å². The van der Waals surface area contributed by atoms with E-state index in [2.05, 4.69) is 166 Å². The Morgan fingerprint density at radius 1 is 0.513 bits per heavy atom. The fourth-order valence-corrected chi connectivity index (χ4v) is 12.2. The van der Waals surface area contributed by atoms with Crippen molar-refractivity contribution in [2.24, 2.45) is 0 Å². The number of aryl methyl sites for hydroxylation is 4. The highest BCUT2D eigenvalue weighted by atomic mass is 16.4. The van der Waals surface area contributed by atoms with Crippen LogP contribution in [-0.4, -0.2) is 58.3 Å². The number of hydrogen-bond acceptors (Lipinski definition) is 8. The maximum atomic E-state index is 11.6. The number of aromatic carboxylic acids is 2. The third-order valence-electron chi connectivity index (χ3n) is 16.3. The molecule has 0 amide bonds. The first kappa shape index (κ1) is 50.2. The van der Waals surface area contributed by atoms with Crippen LogP contribution in [0.1, 0.15) is 112 Å². The minimum Gasteiger partial charge on any atom is -0.478 e. The molecule has 2 atom stereocenters. The zero-order chi connectivity index (χ0) is 52.1. The molecule has 0 spiro atoms. The molecule has 0 aliphatic carbocycles. The van der Waals surface area contributed by atoms with Crippen LogP contribution < -0.4 is 20.4 Å². The summed E-state index contributed by atoms with van der Waals surface area (Å²) in [5.41, 5.74) is 23.8. The van der Waals surface area contributed by atoms with Crippen LogP contribution in [0.5, 0.6) is 0 Å². The average Bonchev–Trinajstić information content (AvgIpc) is 3.46. The number of anilines is 2. The Labute approximate surface area is 446 Å². The predicted octanol–water partition coefficient (Wildman–Crippen LogP) is 12.3. The third-order valence-corrected chi connectivity index (χ3v) is 16.3. The number of benzene rings is 6. The lowest BCUT2D eigenvalue weighted by molar-refractivity contribution is 0.0684. The molecule has 0 bridgehead atoms. The summed E-state index contributed by atoms with van der Waals surface area (Å²) in [5.74, 6) is -1.79. The van der Waals surface area contributed by atoms with Crippen LogP contribution in [0.15, 0.2) is 158 Å². The minimum absolute atomic E-state index is 0.208. The molecule has 4 aliphatic rings. The maximum absolute atomic E-state index is 11.6. The lowest BCUT2D eigenvalue weighted by Crippen LogP contribution is -2.30. The number of rotatable bonds is 12. The van der Waals surface area contributed by atoms with Gasteiger partial charge >= 0.3 is 11.9 Å². The van der Waals surface area contributed by atoms with E-state index in [9.17, 15) is 19.8 Å². The molecule has 384 valence electrons. The first-order valence-electron chi connectivity index (χ1n) is 27.0. The van der Waals surface area contributed by atoms with Crippen LogP contribution in [0.2, 0.25) is 0 Å². The van der Waals surface area contributed by atoms with Crippen LogP contribution in [0, 0.1) is 13.8 Å². The van der Waals surface area contributed by atoms with Crippen molar-refractivity contribution in [3.05, 3.63) is 236 Å². The summed E-state index contributed by atoms with van der Waals surface area (Å²) in [7, 11) is 0. The first-order valence-corrected chi connectivity index (χ1v) is 27.0. The van der Waals surface area contributed by atoms with E-state index < -0.39 is 11.9 Å². The number of pyridine rings is 2. The highest BCUT2D eigenvalue weighted by Gasteiger charge is 2.25. The number of carboxylic acid groups (broad SMARTS) is 2. The highest BCUT2D eigenvalue weighted by molar-refractivity contribution is 5.89. The average molecular weight is 1010 g/mol. The number of aromatic nitrogens is 2. The van der Waals surface area contributed by atoms with Gasteiger partial charge < -0.3 is 30.6 Å². The molecule has 4 aliphatic heterocycles. The van der Waals surface area contributed by atoms with Gasteiger partial charge in [0.05, 0.1) is 11.1 Å². The van der Waals surface area contributed by atoms with Gasteiger partial charge in [-0.2, -0.15) is 0 Å². The molecule has 8 aromatic rings. The fourth-order valence-electron chi connectivity index (χ4n) is 12.2. The van der Waals surface area contributed by atoms with Crippen LogP contribution in [0.4, 0.5) is 11.4 Å². The van der Waals surface area contributed by atoms with Crippen molar-refractivity contribution in [2.45, 2.75) is 90.4 Å². The molecule has 0 radical (unpaired) electrons. The Hall–Kier alpha value is -7.92. The molecule has 0 saturated carbocycles. The van der Waals surface area contributed by atoms with Crippen molar-refractivity contribution in [3.63, 3.8) is 0 Å². The summed E-state index contributed by atoms with van der Waals surface area (Å²) < 4.78 is 0. The lowest BCUT2D eigenvalue weighted by Gasteiger charge is -2.31. The van der Waals surface area contributed by atoms with Crippen molar-refractivity contribution in [2.75, 3.05) is 36.0 Å². The molecule has 2 aromatic heterocycles. The van der Waals surface area contributed by atoms with Gasteiger partial charge in [0.25, 0.3) is 0 Å². The van der Waals surface area contributed by atoms with E-state index >= 15 is 0 Å². The van der Waals surface area contributed by atoms with Crippen molar-refractivity contribution < 1.29 is 19.8 Å². The predicted molar refractivity (Wildman–Crippen MR) is 304 cm³/mol. The summed E-state index contributed by atoms with van der Waals surface area (Å²) >= 11 is 0. The van der Waals surface area contributed by atoms with E-state index in [1.807, 2.05) is 0 Å². The number of hydrogen-bond donors (Lipinski definition) is 4. The number of nitrogens with one attached hydrogen (secondary N) is 2. The van der Waals surface area contributed by atoms with Gasteiger partial charge in [0, 0.05) is 74.4 Å². The van der Waals surface area contributed by atoms with Gasteiger partial charge in [-0.05, 0) is 204 Å². The van der Waals surface area contributed by atoms with Crippen molar-refractivity contribution >= 4 is 23.3 Å². The summed E-state index contributed by atoms with van der Waals surface area (Å²) in [6.45, 7) is 10.3. The molecular formula is C66H66N6O4. The molecule has 4 N–H and O–H groups in total. The van der Waals surface area contributed by atoms with E-state index in [0.717, 1.165) is 88.9 Å². The van der Waals surface area contributed by atoms with Gasteiger partial charge in [-0.1, -0.05) is 97.1 Å². The third kappa shape index (κ3) is 10.9. The van der Waals surface area contributed by atoms with Crippen molar-refractivity contribution in [1.82, 2.24) is 20.6 Å². The Bertz CT molecular complexity index is 3220. The Morgan fingerprint density at radius 3 is 1.37 bits per heavy atom. The smallest absolute Gasteiger partial charge is 0.336 e. The van der Waals surface area contributed by atoms with Crippen LogP contribution in [0.3, 0.4) is 0 Å². The Kier molecular flexibility index (Phi) is 14.9. The molecule has 6 heterocycles. The summed E-state index contributed by atoms with van der Waals surface area (Å²) in [4.78, 5) is 36.4. The normalized spacial score (nSPS) is 16.6.